The van der Waals surface area contributed by atoms with E-state index in [0.717, 1.165) is 23.8 Å². The highest BCUT2D eigenvalue weighted by Gasteiger charge is 2.27. The smallest absolute Gasteiger partial charge is 0.242 e. The van der Waals surface area contributed by atoms with Crippen LogP contribution in [0, 0.1) is 6.92 Å². The Morgan fingerprint density at radius 3 is 2.26 bits per heavy atom. The summed E-state index contributed by atoms with van der Waals surface area (Å²) in [7, 11) is -3.52. The first-order valence-corrected chi connectivity index (χ1v) is 14.0. The highest BCUT2D eigenvalue weighted by atomic mass is 35.5. The van der Waals surface area contributed by atoms with Crippen LogP contribution in [-0.2, 0) is 26.2 Å². The lowest BCUT2D eigenvalue weighted by molar-refractivity contribution is -0.140. The molecule has 0 fully saturated rings. The summed E-state index contributed by atoms with van der Waals surface area (Å²) >= 11 is 6.33. The molecule has 0 aliphatic heterocycles. The largest absolute Gasteiger partial charge is 0.352 e. The first-order chi connectivity index (χ1) is 16.4. The lowest BCUT2D eigenvalue weighted by Crippen LogP contribution is -2.49. The molecule has 0 heterocycles. The molecular formula is C26H36ClN3O4S. The fourth-order valence-electron chi connectivity index (χ4n) is 3.57. The van der Waals surface area contributed by atoms with E-state index < -0.39 is 16.1 Å². The molecule has 1 N–H and O–H groups in total. The van der Waals surface area contributed by atoms with E-state index in [-0.39, 0.29) is 37.4 Å². The Kier molecular flexibility index (Phi) is 10.6. The van der Waals surface area contributed by atoms with Crippen LogP contribution >= 0.6 is 11.6 Å². The maximum Gasteiger partial charge on any atom is 0.242 e. The van der Waals surface area contributed by atoms with Gasteiger partial charge in [-0.15, -0.1) is 0 Å². The number of hydrogen-bond donors (Lipinski definition) is 1. The van der Waals surface area contributed by atoms with E-state index in [9.17, 15) is 18.0 Å². The molecule has 0 radical (unpaired) electrons. The van der Waals surface area contributed by atoms with Gasteiger partial charge in [0.15, 0.2) is 0 Å². The van der Waals surface area contributed by atoms with E-state index in [1.807, 2.05) is 51.1 Å². The number of benzene rings is 2. The van der Waals surface area contributed by atoms with Gasteiger partial charge in [0.1, 0.15) is 6.04 Å². The quantitative estimate of drug-likeness (QED) is 0.444. The van der Waals surface area contributed by atoms with Crippen molar-refractivity contribution in [2.24, 2.45) is 0 Å². The summed E-state index contributed by atoms with van der Waals surface area (Å²) in [6.07, 6.45) is 2.32. The Balaban J connectivity index is 2.18. The number of nitrogens with one attached hydrogen (secondary N) is 1. The number of nitrogens with zero attached hydrogens (tertiary/aromatic N) is 2. The van der Waals surface area contributed by atoms with Crippen LogP contribution in [0.3, 0.4) is 0 Å². The second kappa shape index (κ2) is 12.9. The molecule has 2 rings (SSSR count). The van der Waals surface area contributed by atoms with Crippen molar-refractivity contribution in [3.8, 4) is 0 Å². The summed E-state index contributed by atoms with van der Waals surface area (Å²) in [5, 5.41) is 3.45. The summed E-state index contributed by atoms with van der Waals surface area (Å²) in [6.45, 7) is 7.85. The number of carbonyl (C=O) groups is 2. The van der Waals surface area contributed by atoms with Crippen LogP contribution in [0.4, 0.5) is 5.69 Å². The Bertz CT molecular complexity index is 1110. The van der Waals surface area contributed by atoms with Crippen molar-refractivity contribution in [3.63, 3.8) is 0 Å². The molecule has 0 aliphatic rings. The second-order valence-electron chi connectivity index (χ2n) is 8.88. The average Bonchev–Trinajstić information content (AvgIpc) is 2.80. The Labute approximate surface area is 214 Å². The third-order valence-corrected chi connectivity index (χ3v) is 7.50. The third-order valence-electron chi connectivity index (χ3n) is 5.94. The van der Waals surface area contributed by atoms with E-state index in [1.54, 1.807) is 25.1 Å². The topological polar surface area (TPSA) is 86.8 Å². The fourth-order valence-corrected chi connectivity index (χ4v) is 4.73. The van der Waals surface area contributed by atoms with Crippen LogP contribution in [0.15, 0.2) is 48.5 Å². The van der Waals surface area contributed by atoms with Gasteiger partial charge in [-0.25, -0.2) is 8.42 Å². The van der Waals surface area contributed by atoms with E-state index >= 15 is 0 Å². The highest BCUT2D eigenvalue weighted by molar-refractivity contribution is 7.92. The molecule has 0 saturated heterocycles. The number of sulfonamides is 1. The molecule has 0 saturated carbocycles. The zero-order valence-electron chi connectivity index (χ0n) is 21.1. The lowest BCUT2D eigenvalue weighted by Gasteiger charge is -2.30. The molecule has 0 bridgehead atoms. The SMILES string of the molecule is CC[C@H](C)NC(=O)[C@@H](C)N(Cc1ccccc1Cl)C(=O)CCCN(c1ccc(C)cc1)S(C)(=O)=O. The van der Waals surface area contributed by atoms with Gasteiger partial charge in [-0.05, 0) is 57.4 Å². The molecule has 2 aromatic carbocycles. The standard InChI is InChI=1S/C26H36ClN3O4S/c1-6-20(3)28-26(32)21(4)29(18-22-10-7-8-11-24(22)27)25(31)12-9-17-30(35(5,33)34)23-15-13-19(2)14-16-23/h7-8,10-11,13-16,20-21H,6,9,12,17-18H2,1-5H3,(H,28,32)/t20-,21+/m0/s1. The van der Waals surface area contributed by atoms with Gasteiger partial charge in [0.05, 0.1) is 11.9 Å². The molecule has 2 amide bonds. The van der Waals surface area contributed by atoms with Gasteiger partial charge in [0, 0.05) is 30.6 Å². The van der Waals surface area contributed by atoms with Crippen LogP contribution in [0.2, 0.25) is 5.02 Å². The number of hydrogen-bond acceptors (Lipinski definition) is 4. The number of carbonyl (C=O) groups excluding carboxylic acids is 2. The molecule has 35 heavy (non-hydrogen) atoms. The van der Waals surface area contributed by atoms with Gasteiger partial charge in [-0.1, -0.05) is 54.4 Å². The maximum absolute atomic E-state index is 13.3. The number of rotatable bonds is 12. The highest BCUT2D eigenvalue weighted by Crippen LogP contribution is 2.21. The summed E-state index contributed by atoms with van der Waals surface area (Å²) in [5.74, 6) is -0.480. The zero-order chi connectivity index (χ0) is 26.2. The summed E-state index contributed by atoms with van der Waals surface area (Å²) in [5.41, 5.74) is 2.32. The molecule has 0 unspecified atom stereocenters. The van der Waals surface area contributed by atoms with Gasteiger partial charge < -0.3 is 10.2 Å². The van der Waals surface area contributed by atoms with Crippen molar-refractivity contribution >= 4 is 39.1 Å². The second-order valence-corrected chi connectivity index (χ2v) is 11.2. The minimum absolute atomic E-state index is 0.0138. The van der Waals surface area contributed by atoms with Crippen molar-refractivity contribution in [2.45, 2.75) is 65.6 Å². The van der Waals surface area contributed by atoms with E-state index in [1.165, 1.54) is 9.21 Å². The predicted molar refractivity (Wildman–Crippen MR) is 142 cm³/mol. The van der Waals surface area contributed by atoms with Crippen molar-refractivity contribution in [1.82, 2.24) is 10.2 Å². The zero-order valence-corrected chi connectivity index (χ0v) is 22.7. The molecule has 7 nitrogen and oxygen atoms in total. The minimum atomic E-state index is -3.52. The van der Waals surface area contributed by atoms with Crippen LogP contribution in [-0.4, -0.2) is 50.0 Å². The van der Waals surface area contributed by atoms with Gasteiger partial charge in [0.25, 0.3) is 0 Å². The van der Waals surface area contributed by atoms with Gasteiger partial charge in [0.2, 0.25) is 21.8 Å². The molecular weight excluding hydrogens is 486 g/mol. The van der Waals surface area contributed by atoms with E-state index in [4.69, 9.17) is 11.6 Å². The molecule has 2 atom stereocenters. The van der Waals surface area contributed by atoms with Crippen molar-refractivity contribution in [2.75, 3.05) is 17.1 Å². The molecule has 192 valence electrons. The van der Waals surface area contributed by atoms with Crippen molar-refractivity contribution in [1.29, 1.82) is 0 Å². The van der Waals surface area contributed by atoms with Crippen LogP contribution in [0.25, 0.3) is 0 Å². The third kappa shape index (κ3) is 8.54. The van der Waals surface area contributed by atoms with Crippen LogP contribution in [0.5, 0.6) is 0 Å². The summed E-state index contributed by atoms with van der Waals surface area (Å²) < 4.78 is 26.1. The maximum atomic E-state index is 13.3. The fraction of sp³-hybridized carbons (Fsp3) is 0.462. The molecule has 0 aliphatic carbocycles. The summed E-state index contributed by atoms with van der Waals surface area (Å²) in [4.78, 5) is 27.7. The van der Waals surface area contributed by atoms with E-state index in [0.29, 0.717) is 17.1 Å². The Hall–Kier alpha value is -2.58. The molecule has 2 aromatic rings. The number of halogens is 1. The predicted octanol–water partition coefficient (Wildman–Crippen LogP) is 4.53. The van der Waals surface area contributed by atoms with Crippen LogP contribution in [0.1, 0.15) is 51.2 Å². The first kappa shape index (κ1) is 28.7. The minimum Gasteiger partial charge on any atom is -0.352 e. The lowest BCUT2D eigenvalue weighted by atomic mass is 10.1. The number of anilines is 1. The molecule has 0 aromatic heterocycles. The van der Waals surface area contributed by atoms with E-state index in [2.05, 4.69) is 5.32 Å². The van der Waals surface area contributed by atoms with Crippen molar-refractivity contribution in [3.05, 3.63) is 64.7 Å². The van der Waals surface area contributed by atoms with Crippen LogP contribution < -0.4 is 9.62 Å². The summed E-state index contributed by atoms with van der Waals surface area (Å²) in [6, 6.07) is 13.7. The van der Waals surface area contributed by atoms with Gasteiger partial charge >= 0.3 is 0 Å². The monoisotopic (exact) mass is 521 g/mol. The Morgan fingerprint density at radius 2 is 1.69 bits per heavy atom. The number of amides is 2. The molecule has 9 heteroatoms. The first-order valence-electron chi connectivity index (χ1n) is 11.8. The average molecular weight is 522 g/mol. The molecule has 0 spiro atoms. The number of aryl methyl sites for hydroxylation is 1. The Morgan fingerprint density at radius 1 is 1.06 bits per heavy atom. The van der Waals surface area contributed by atoms with Gasteiger partial charge in [-0.3, -0.25) is 13.9 Å². The van der Waals surface area contributed by atoms with Crippen molar-refractivity contribution < 1.29 is 18.0 Å². The van der Waals surface area contributed by atoms with Gasteiger partial charge in [-0.2, -0.15) is 0 Å². The normalized spacial score (nSPS) is 13.1.